The second kappa shape index (κ2) is 7.53. The van der Waals surface area contributed by atoms with E-state index in [9.17, 15) is 9.59 Å². The summed E-state index contributed by atoms with van der Waals surface area (Å²) in [4.78, 5) is 24.4. The van der Waals surface area contributed by atoms with E-state index in [2.05, 4.69) is 5.32 Å². The fourth-order valence-corrected chi connectivity index (χ4v) is 2.21. The molecular formula is C15H20N2O5. The summed E-state index contributed by atoms with van der Waals surface area (Å²) < 4.78 is 15.2. The van der Waals surface area contributed by atoms with Crippen LogP contribution in [0.5, 0.6) is 11.5 Å². The highest BCUT2D eigenvalue weighted by atomic mass is 16.6. The maximum absolute atomic E-state index is 11.8. The molecule has 0 aromatic heterocycles. The SMILES string of the molecule is COc1ccc(OC)c(CCNC(=O)CN2CCOC2=O)c1. The fraction of sp³-hybridized carbons (Fsp3) is 0.467. The van der Waals surface area contributed by atoms with E-state index in [-0.39, 0.29) is 12.5 Å². The Hall–Kier alpha value is -2.44. The van der Waals surface area contributed by atoms with Gasteiger partial charge in [0, 0.05) is 6.54 Å². The van der Waals surface area contributed by atoms with Crippen molar-refractivity contribution >= 4 is 12.0 Å². The van der Waals surface area contributed by atoms with E-state index < -0.39 is 6.09 Å². The normalized spacial score (nSPS) is 13.7. The Morgan fingerprint density at radius 1 is 1.36 bits per heavy atom. The molecule has 7 nitrogen and oxygen atoms in total. The van der Waals surface area contributed by atoms with Crippen LogP contribution < -0.4 is 14.8 Å². The van der Waals surface area contributed by atoms with Crippen LogP contribution >= 0.6 is 0 Å². The molecule has 1 N–H and O–H groups in total. The van der Waals surface area contributed by atoms with Gasteiger partial charge in [0.2, 0.25) is 5.91 Å². The molecule has 0 saturated carbocycles. The third kappa shape index (κ3) is 4.03. The molecule has 0 radical (unpaired) electrons. The number of carbonyl (C=O) groups is 2. The van der Waals surface area contributed by atoms with Gasteiger partial charge >= 0.3 is 6.09 Å². The van der Waals surface area contributed by atoms with E-state index in [4.69, 9.17) is 14.2 Å². The summed E-state index contributed by atoms with van der Waals surface area (Å²) in [5, 5.41) is 2.78. The summed E-state index contributed by atoms with van der Waals surface area (Å²) in [7, 11) is 3.20. The number of amides is 2. The highest BCUT2D eigenvalue weighted by Crippen LogP contribution is 2.24. The van der Waals surface area contributed by atoms with Crippen LogP contribution in [-0.2, 0) is 16.0 Å². The van der Waals surface area contributed by atoms with E-state index in [1.165, 1.54) is 4.90 Å². The van der Waals surface area contributed by atoms with E-state index in [1.54, 1.807) is 14.2 Å². The average molecular weight is 308 g/mol. The van der Waals surface area contributed by atoms with Gasteiger partial charge < -0.3 is 19.5 Å². The third-order valence-electron chi connectivity index (χ3n) is 3.38. The molecule has 0 atom stereocenters. The van der Waals surface area contributed by atoms with Crippen molar-refractivity contribution < 1.29 is 23.8 Å². The largest absolute Gasteiger partial charge is 0.497 e. The standard InChI is InChI=1S/C15H20N2O5/c1-20-12-3-4-13(21-2)11(9-12)5-6-16-14(18)10-17-7-8-22-15(17)19/h3-4,9H,5-8,10H2,1-2H3,(H,16,18). The van der Waals surface area contributed by atoms with Crippen LogP contribution in [0.1, 0.15) is 5.56 Å². The molecule has 2 rings (SSSR count). The summed E-state index contributed by atoms with van der Waals surface area (Å²) >= 11 is 0. The van der Waals surface area contributed by atoms with Gasteiger partial charge in [0.25, 0.3) is 0 Å². The zero-order valence-electron chi connectivity index (χ0n) is 12.8. The van der Waals surface area contributed by atoms with Crippen molar-refractivity contribution in [2.75, 3.05) is 40.5 Å². The molecule has 1 fully saturated rings. The van der Waals surface area contributed by atoms with Crippen molar-refractivity contribution in [1.29, 1.82) is 0 Å². The minimum Gasteiger partial charge on any atom is -0.497 e. The number of carbonyl (C=O) groups excluding carboxylic acids is 2. The van der Waals surface area contributed by atoms with Gasteiger partial charge in [-0.2, -0.15) is 0 Å². The van der Waals surface area contributed by atoms with Crippen LogP contribution in [0.4, 0.5) is 4.79 Å². The van der Waals surface area contributed by atoms with Crippen LogP contribution in [0, 0.1) is 0 Å². The van der Waals surface area contributed by atoms with Gasteiger partial charge in [0.15, 0.2) is 0 Å². The molecule has 0 unspecified atom stereocenters. The number of cyclic esters (lactones) is 1. The molecule has 0 aliphatic carbocycles. The average Bonchev–Trinajstić information content (AvgIpc) is 2.92. The van der Waals surface area contributed by atoms with E-state index in [1.807, 2.05) is 18.2 Å². The Morgan fingerprint density at radius 3 is 2.82 bits per heavy atom. The molecule has 1 aliphatic heterocycles. The topological polar surface area (TPSA) is 77.1 Å². The summed E-state index contributed by atoms with van der Waals surface area (Å²) in [6.07, 6.45) is 0.168. The number of rotatable bonds is 7. The van der Waals surface area contributed by atoms with Crippen LogP contribution in [0.2, 0.25) is 0 Å². The van der Waals surface area contributed by atoms with E-state index in [0.29, 0.717) is 26.1 Å². The quantitative estimate of drug-likeness (QED) is 0.807. The van der Waals surface area contributed by atoms with Crippen LogP contribution in [0.3, 0.4) is 0 Å². The maximum atomic E-state index is 11.8. The molecule has 1 aromatic rings. The van der Waals surface area contributed by atoms with Crippen molar-refractivity contribution in [3.05, 3.63) is 23.8 Å². The maximum Gasteiger partial charge on any atom is 0.410 e. The van der Waals surface area contributed by atoms with Crippen LogP contribution in [0.25, 0.3) is 0 Å². The molecule has 1 aromatic carbocycles. The minimum atomic E-state index is -0.440. The lowest BCUT2D eigenvalue weighted by molar-refractivity contribution is -0.121. The lowest BCUT2D eigenvalue weighted by Crippen LogP contribution is -2.38. The number of hydrogen-bond acceptors (Lipinski definition) is 5. The van der Waals surface area contributed by atoms with Gasteiger partial charge in [-0.1, -0.05) is 0 Å². The second-order valence-electron chi connectivity index (χ2n) is 4.81. The molecule has 1 heterocycles. The van der Waals surface area contributed by atoms with E-state index in [0.717, 1.165) is 17.1 Å². The van der Waals surface area contributed by atoms with Crippen molar-refractivity contribution in [3.63, 3.8) is 0 Å². The van der Waals surface area contributed by atoms with Gasteiger partial charge in [0.1, 0.15) is 24.7 Å². The third-order valence-corrected chi connectivity index (χ3v) is 3.38. The number of nitrogens with one attached hydrogen (secondary N) is 1. The first-order valence-electron chi connectivity index (χ1n) is 7.03. The number of benzene rings is 1. The lowest BCUT2D eigenvalue weighted by Gasteiger charge is -2.13. The number of nitrogens with zero attached hydrogens (tertiary/aromatic N) is 1. The second-order valence-corrected chi connectivity index (χ2v) is 4.81. The molecule has 0 spiro atoms. The van der Waals surface area contributed by atoms with Crippen molar-refractivity contribution in [3.8, 4) is 11.5 Å². The summed E-state index contributed by atoms with van der Waals surface area (Å²) in [5.41, 5.74) is 0.947. The van der Waals surface area contributed by atoms with Gasteiger partial charge in [-0.25, -0.2) is 4.79 Å². The summed E-state index contributed by atoms with van der Waals surface area (Å²) in [6.45, 7) is 1.27. The summed E-state index contributed by atoms with van der Waals surface area (Å²) in [5.74, 6) is 1.28. The van der Waals surface area contributed by atoms with Crippen molar-refractivity contribution in [2.24, 2.45) is 0 Å². The predicted octanol–water partition coefficient (Wildman–Crippen LogP) is 0.815. The van der Waals surface area contributed by atoms with E-state index >= 15 is 0 Å². The van der Waals surface area contributed by atoms with Gasteiger partial charge in [-0.05, 0) is 30.2 Å². The first-order chi connectivity index (χ1) is 10.6. The minimum absolute atomic E-state index is 0.0219. The first-order valence-corrected chi connectivity index (χ1v) is 7.03. The van der Waals surface area contributed by atoms with Gasteiger partial charge in [-0.15, -0.1) is 0 Å². The zero-order chi connectivity index (χ0) is 15.9. The van der Waals surface area contributed by atoms with Crippen molar-refractivity contribution in [1.82, 2.24) is 10.2 Å². The molecule has 1 saturated heterocycles. The smallest absolute Gasteiger partial charge is 0.410 e. The van der Waals surface area contributed by atoms with Gasteiger partial charge in [0.05, 0.1) is 20.8 Å². The Balaban J connectivity index is 1.82. The Kier molecular flexibility index (Phi) is 5.46. The summed E-state index contributed by atoms with van der Waals surface area (Å²) in [6, 6.07) is 5.53. The van der Waals surface area contributed by atoms with Gasteiger partial charge in [-0.3, -0.25) is 9.69 Å². The molecule has 120 valence electrons. The molecule has 22 heavy (non-hydrogen) atoms. The fourth-order valence-electron chi connectivity index (χ4n) is 2.21. The molecular weight excluding hydrogens is 288 g/mol. The molecule has 2 amide bonds. The first kappa shape index (κ1) is 15.9. The molecule has 0 bridgehead atoms. The van der Waals surface area contributed by atoms with Crippen LogP contribution in [-0.4, -0.2) is 57.4 Å². The highest BCUT2D eigenvalue weighted by molar-refractivity contribution is 5.82. The predicted molar refractivity (Wildman–Crippen MR) is 79.2 cm³/mol. The Labute approximate surface area is 129 Å². The Bertz CT molecular complexity index is 547. The van der Waals surface area contributed by atoms with Crippen LogP contribution in [0.15, 0.2) is 18.2 Å². The monoisotopic (exact) mass is 308 g/mol. The molecule has 1 aliphatic rings. The number of hydrogen-bond donors (Lipinski definition) is 1. The number of methoxy groups -OCH3 is 2. The van der Waals surface area contributed by atoms with Crippen molar-refractivity contribution in [2.45, 2.75) is 6.42 Å². The Morgan fingerprint density at radius 2 is 2.18 bits per heavy atom. The number of ether oxygens (including phenoxy) is 3. The molecule has 7 heteroatoms. The lowest BCUT2D eigenvalue weighted by atomic mass is 10.1. The highest BCUT2D eigenvalue weighted by Gasteiger charge is 2.23. The zero-order valence-corrected chi connectivity index (χ0v) is 12.8.